The smallest absolute Gasteiger partial charge is 0.244 e. The lowest BCUT2D eigenvalue weighted by Crippen LogP contribution is -1.80. The van der Waals surface area contributed by atoms with E-state index in [0.29, 0.717) is 0 Å². The van der Waals surface area contributed by atoms with Crippen LogP contribution in [0.3, 0.4) is 0 Å². The highest BCUT2D eigenvalue weighted by atomic mass is 35.5. The van der Waals surface area contributed by atoms with Crippen LogP contribution in [0.5, 0.6) is 0 Å². The Morgan fingerprint density at radius 3 is 2.55 bits per heavy atom. The fraction of sp³-hybridized carbons (Fsp3) is 1.00. The number of rotatable bonds is 5. The van der Waals surface area contributed by atoms with Gasteiger partial charge in [0.25, 0.3) is 0 Å². The quantitative estimate of drug-likeness (QED) is 0.587. The van der Waals surface area contributed by atoms with E-state index in [1.165, 1.54) is 18.5 Å². The Labute approximate surface area is 83.4 Å². The van der Waals surface area contributed by atoms with E-state index >= 15 is 0 Å². The van der Waals surface area contributed by atoms with Gasteiger partial charge in [-0.25, -0.2) is 0 Å². The third kappa shape index (κ3) is 9.12. The molecule has 0 amide bonds. The van der Waals surface area contributed by atoms with Crippen molar-refractivity contribution in [2.24, 2.45) is 0 Å². The van der Waals surface area contributed by atoms with Gasteiger partial charge in [0.1, 0.15) is 0 Å². The van der Waals surface area contributed by atoms with Crippen molar-refractivity contribution in [2.45, 2.75) is 19.8 Å². The minimum absolute atomic E-state index is 0. The second-order valence-electron chi connectivity index (χ2n) is 1.84. The van der Waals surface area contributed by atoms with E-state index in [4.69, 9.17) is 16.3 Å². The Balaban J connectivity index is 0. The van der Waals surface area contributed by atoms with E-state index < -0.39 is 5.69 Å². The molecule has 1 unspecified atom stereocenters. The van der Waals surface area contributed by atoms with Gasteiger partial charge in [-0.3, -0.25) is 0 Å². The fourth-order valence-electron chi connectivity index (χ4n) is 0.377. The number of unbranched alkanes of at least 4 members (excludes halogenated alkanes) is 1. The first-order valence-corrected chi connectivity index (χ1v) is 7.42. The molecule has 0 radical (unpaired) electrons. The molecule has 0 rings (SSSR count). The predicted molar refractivity (Wildman–Crippen MR) is 58.1 cm³/mol. The topological polar surface area (TPSA) is 29.5 Å². The number of hydrogen-bond donors (Lipinski definition) is 1. The maximum absolute atomic E-state index is 9.22. The molecule has 0 aromatic carbocycles. The van der Waals surface area contributed by atoms with Crippen molar-refractivity contribution in [2.75, 3.05) is 12.9 Å². The Hall–Kier alpha value is 1.21. The van der Waals surface area contributed by atoms with Crippen LogP contribution in [0, 0.1) is 0 Å². The van der Waals surface area contributed by atoms with Gasteiger partial charge >= 0.3 is 0 Å². The lowest BCUT2D eigenvalue weighted by molar-refractivity contribution is 0.404. The molecule has 70 valence electrons. The molecule has 0 saturated heterocycles. The van der Waals surface area contributed by atoms with E-state index in [1.807, 2.05) is 0 Å². The summed E-state index contributed by atoms with van der Waals surface area (Å²) in [5, 5.41) is 0. The predicted octanol–water partition coefficient (Wildman–Crippen LogP) is 2.80. The van der Waals surface area contributed by atoms with Gasteiger partial charge in [0.2, 0.25) is 5.69 Å². The average Bonchev–Trinajstić information content (AvgIpc) is 1.89. The summed E-state index contributed by atoms with van der Waals surface area (Å²) in [6.07, 6.45) is 2.22. The minimum Gasteiger partial charge on any atom is -0.337 e. The van der Waals surface area contributed by atoms with Crippen molar-refractivity contribution >= 4 is 41.3 Å². The highest BCUT2D eigenvalue weighted by Crippen LogP contribution is 2.55. The second-order valence-corrected chi connectivity index (χ2v) is 8.24. The van der Waals surface area contributed by atoms with Crippen molar-refractivity contribution in [1.29, 1.82) is 0 Å². The standard InChI is InChI=1S/C5H13O2PS2.ClH/c1-3-4-5-10-8(6,9)7-2;/h3-5H2,1-2H3,(H,6,9);1H. The maximum atomic E-state index is 9.22. The zero-order valence-electron chi connectivity index (χ0n) is 6.65. The third-order valence-corrected chi connectivity index (χ3v) is 5.61. The minimum atomic E-state index is -2.45. The number of halogens is 1. The van der Waals surface area contributed by atoms with Crippen LogP contribution in [0.15, 0.2) is 0 Å². The Kier molecular flexibility index (Phi) is 10.5. The molecule has 0 fully saturated rings. The molecule has 0 saturated carbocycles. The zero-order valence-corrected chi connectivity index (χ0v) is 9.99. The monoisotopic (exact) mass is 236 g/mol. The fourth-order valence-corrected chi connectivity index (χ4v) is 3.20. The van der Waals surface area contributed by atoms with Gasteiger partial charge in [-0.2, -0.15) is 0 Å². The van der Waals surface area contributed by atoms with E-state index in [0.717, 1.165) is 18.6 Å². The SMILES string of the molecule is CCCCSP(O)(=S)OC.Cl. The summed E-state index contributed by atoms with van der Waals surface area (Å²) in [5.41, 5.74) is -2.45. The molecule has 6 heteroatoms. The molecule has 0 aromatic rings. The second kappa shape index (κ2) is 7.84. The molecule has 1 atom stereocenters. The largest absolute Gasteiger partial charge is 0.337 e. The van der Waals surface area contributed by atoms with Gasteiger partial charge in [-0.15, -0.1) is 12.4 Å². The van der Waals surface area contributed by atoms with E-state index in [9.17, 15) is 4.89 Å². The van der Waals surface area contributed by atoms with Crippen molar-refractivity contribution in [3.05, 3.63) is 0 Å². The molecule has 0 bridgehead atoms. The first-order chi connectivity index (χ1) is 4.62. The van der Waals surface area contributed by atoms with Crippen molar-refractivity contribution in [3.8, 4) is 0 Å². The van der Waals surface area contributed by atoms with Gasteiger partial charge in [0.15, 0.2) is 0 Å². The summed E-state index contributed by atoms with van der Waals surface area (Å²) in [5.74, 6) is 0.901. The van der Waals surface area contributed by atoms with Crippen molar-refractivity contribution in [1.82, 2.24) is 0 Å². The van der Waals surface area contributed by atoms with E-state index in [1.54, 1.807) is 0 Å². The average molecular weight is 237 g/mol. The molecular formula is C5H14ClO2PS2. The summed E-state index contributed by atoms with van der Waals surface area (Å²) < 4.78 is 4.73. The van der Waals surface area contributed by atoms with E-state index in [-0.39, 0.29) is 12.4 Å². The third-order valence-electron chi connectivity index (χ3n) is 0.983. The van der Waals surface area contributed by atoms with Crippen molar-refractivity contribution in [3.63, 3.8) is 0 Å². The van der Waals surface area contributed by atoms with Gasteiger partial charge in [0.05, 0.1) is 0 Å². The first kappa shape index (κ1) is 14.7. The highest BCUT2D eigenvalue weighted by molar-refractivity contribution is 8.67. The zero-order chi connectivity index (χ0) is 8.04. The van der Waals surface area contributed by atoms with Crippen LogP contribution >= 0.6 is 29.5 Å². The summed E-state index contributed by atoms with van der Waals surface area (Å²) in [6.45, 7) is 2.11. The Bertz CT molecular complexity index is 134. The lowest BCUT2D eigenvalue weighted by Gasteiger charge is -2.10. The lowest BCUT2D eigenvalue weighted by atomic mass is 10.4. The number of hydrogen-bond acceptors (Lipinski definition) is 3. The van der Waals surface area contributed by atoms with E-state index in [2.05, 4.69) is 6.92 Å². The molecule has 1 N–H and O–H groups in total. The summed E-state index contributed by atoms with van der Waals surface area (Å²) in [4.78, 5) is 9.22. The van der Waals surface area contributed by atoms with Crippen molar-refractivity contribution < 1.29 is 9.42 Å². The van der Waals surface area contributed by atoms with Crippen LogP contribution in [-0.2, 0) is 16.3 Å². The molecule has 2 nitrogen and oxygen atoms in total. The normalized spacial score (nSPS) is 15.2. The molecule has 0 aromatic heterocycles. The molecule has 0 aliphatic rings. The van der Waals surface area contributed by atoms with Gasteiger partial charge in [0, 0.05) is 12.9 Å². The van der Waals surface area contributed by atoms with Crippen LogP contribution in [0.1, 0.15) is 19.8 Å². The Morgan fingerprint density at radius 2 is 2.18 bits per heavy atom. The van der Waals surface area contributed by atoms with Crippen LogP contribution in [0.4, 0.5) is 0 Å². The summed E-state index contributed by atoms with van der Waals surface area (Å²) in [6, 6.07) is 0. The Morgan fingerprint density at radius 1 is 1.64 bits per heavy atom. The van der Waals surface area contributed by atoms with Crippen LogP contribution in [0.25, 0.3) is 0 Å². The van der Waals surface area contributed by atoms with Crippen LogP contribution < -0.4 is 0 Å². The molecular weight excluding hydrogens is 223 g/mol. The summed E-state index contributed by atoms with van der Waals surface area (Å²) >= 11 is 6.13. The van der Waals surface area contributed by atoms with Gasteiger partial charge in [-0.05, 0) is 18.2 Å². The van der Waals surface area contributed by atoms with Gasteiger partial charge < -0.3 is 9.42 Å². The molecule has 0 aliphatic carbocycles. The highest BCUT2D eigenvalue weighted by Gasteiger charge is 2.10. The maximum Gasteiger partial charge on any atom is 0.244 e. The molecule has 0 spiro atoms. The van der Waals surface area contributed by atoms with Gasteiger partial charge in [-0.1, -0.05) is 24.7 Å². The van der Waals surface area contributed by atoms with Crippen LogP contribution in [-0.4, -0.2) is 17.8 Å². The molecule has 11 heavy (non-hydrogen) atoms. The first-order valence-electron chi connectivity index (χ1n) is 3.15. The molecule has 0 aliphatic heterocycles. The molecule has 0 heterocycles. The van der Waals surface area contributed by atoms with Crippen LogP contribution in [0.2, 0.25) is 0 Å². The summed E-state index contributed by atoms with van der Waals surface area (Å²) in [7, 11) is 1.46.